The highest BCUT2D eigenvalue weighted by atomic mass is 35.5. The summed E-state index contributed by atoms with van der Waals surface area (Å²) >= 11 is 8.02. The topological polar surface area (TPSA) is 92.8 Å². The molecule has 34 heavy (non-hydrogen) atoms. The quantitative estimate of drug-likeness (QED) is 0.320. The van der Waals surface area contributed by atoms with E-state index in [2.05, 4.69) is 21.4 Å². The number of esters is 1. The number of hydrogen-bond acceptors (Lipinski definition) is 7. The summed E-state index contributed by atoms with van der Waals surface area (Å²) in [6, 6.07) is 13.6. The third-order valence-corrected chi connectivity index (χ3v) is 6.46. The first kappa shape index (κ1) is 23.4. The van der Waals surface area contributed by atoms with Crippen molar-refractivity contribution in [3.63, 3.8) is 0 Å². The van der Waals surface area contributed by atoms with Gasteiger partial charge in [-0.1, -0.05) is 41.6 Å². The summed E-state index contributed by atoms with van der Waals surface area (Å²) in [6.07, 6.45) is 8.78. The number of aromatic nitrogens is 3. The van der Waals surface area contributed by atoms with E-state index in [9.17, 15) is 10.1 Å². The molecule has 0 radical (unpaired) electrons. The Morgan fingerprint density at radius 2 is 2.15 bits per heavy atom. The summed E-state index contributed by atoms with van der Waals surface area (Å²) in [4.78, 5) is 20.5. The first-order valence-corrected chi connectivity index (χ1v) is 11.5. The van der Waals surface area contributed by atoms with Crippen molar-refractivity contribution in [2.45, 2.75) is 17.0 Å². The highest BCUT2D eigenvalue weighted by molar-refractivity contribution is 7.99. The minimum atomic E-state index is -0.326. The Balaban J connectivity index is 1.60. The number of hydrogen-bond donors (Lipinski definition) is 1. The van der Waals surface area contributed by atoms with Crippen LogP contribution in [0.4, 0.5) is 11.4 Å². The first-order chi connectivity index (χ1) is 16.4. The molecule has 2 heterocycles. The highest BCUT2D eigenvalue weighted by Gasteiger charge is 2.12. The van der Waals surface area contributed by atoms with Crippen molar-refractivity contribution < 1.29 is 9.53 Å². The molecular weight excluding hydrogens is 470 g/mol. The Bertz CT molecular complexity index is 1440. The van der Waals surface area contributed by atoms with Crippen molar-refractivity contribution in [2.75, 3.05) is 11.9 Å². The van der Waals surface area contributed by atoms with Crippen LogP contribution in [-0.2, 0) is 16.6 Å². The Morgan fingerprint density at radius 3 is 2.85 bits per heavy atom. The van der Waals surface area contributed by atoms with Crippen LogP contribution in [0.15, 0.2) is 71.1 Å². The summed E-state index contributed by atoms with van der Waals surface area (Å²) in [6.45, 7) is 1.57. The molecule has 4 rings (SSSR count). The maximum Gasteiger partial charge on any atom is 0.302 e. The van der Waals surface area contributed by atoms with Gasteiger partial charge >= 0.3 is 5.97 Å². The maximum atomic E-state index is 10.9. The van der Waals surface area contributed by atoms with Gasteiger partial charge < -0.3 is 14.6 Å². The molecule has 2 aromatic heterocycles. The zero-order valence-electron chi connectivity index (χ0n) is 18.4. The Kier molecular flexibility index (Phi) is 7.16. The molecule has 4 aromatic rings. The Morgan fingerprint density at radius 1 is 1.29 bits per heavy atom. The molecule has 0 unspecified atom stereocenters. The minimum absolute atomic E-state index is 0.205. The van der Waals surface area contributed by atoms with Crippen LogP contribution >= 0.6 is 23.4 Å². The van der Waals surface area contributed by atoms with Gasteiger partial charge in [-0.15, -0.1) is 0 Å². The lowest BCUT2D eigenvalue weighted by Gasteiger charge is -2.13. The van der Waals surface area contributed by atoms with Crippen LogP contribution in [0.5, 0.6) is 0 Å². The lowest BCUT2D eigenvalue weighted by molar-refractivity contribution is -0.139. The van der Waals surface area contributed by atoms with Gasteiger partial charge in [-0.25, -0.2) is 4.98 Å². The van der Waals surface area contributed by atoms with Gasteiger partial charge in [0.05, 0.1) is 21.8 Å². The molecule has 0 saturated carbocycles. The summed E-state index contributed by atoms with van der Waals surface area (Å²) in [7, 11) is 1.93. The molecule has 0 bridgehead atoms. The number of carbonyl (C=O) groups excluding carboxylic acids is 1. The van der Waals surface area contributed by atoms with E-state index < -0.39 is 0 Å². The third kappa shape index (κ3) is 5.39. The molecule has 0 saturated heterocycles. The largest absolute Gasteiger partial charge is 0.462 e. The van der Waals surface area contributed by atoms with Crippen LogP contribution in [0.1, 0.15) is 18.1 Å². The van der Waals surface area contributed by atoms with Crippen molar-refractivity contribution in [1.29, 1.82) is 5.26 Å². The number of anilines is 2. The van der Waals surface area contributed by atoms with E-state index in [0.717, 1.165) is 32.2 Å². The molecular formula is C25H20ClN5O2S. The van der Waals surface area contributed by atoms with Crippen LogP contribution in [0.25, 0.3) is 17.0 Å². The molecule has 1 N–H and O–H groups in total. The van der Waals surface area contributed by atoms with Crippen LogP contribution < -0.4 is 5.32 Å². The standard InChI is InChI=1S/C25H20ClN5O2S/c1-16(32)33-11-3-4-17-5-7-20-22(12-17)29-15-18(14-27)24(20)30-19-6-8-23(21(26)13-19)34-25-28-9-10-31(25)2/h3-10,12-13,15H,11H2,1-2H3,(H,29,30). The summed E-state index contributed by atoms with van der Waals surface area (Å²) in [5, 5.41) is 15.2. The molecule has 0 aliphatic heterocycles. The van der Waals surface area contributed by atoms with Crippen molar-refractivity contribution in [2.24, 2.45) is 7.05 Å². The number of imidazole rings is 1. The first-order valence-electron chi connectivity index (χ1n) is 10.3. The number of nitrogens with one attached hydrogen (secondary N) is 1. The second-order valence-electron chi connectivity index (χ2n) is 7.33. The molecule has 170 valence electrons. The second kappa shape index (κ2) is 10.4. The summed E-state index contributed by atoms with van der Waals surface area (Å²) < 4.78 is 6.84. The number of aryl methyl sites for hydroxylation is 1. The fourth-order valence-corrected chi connectivity index (χ4v) is 4.34. The number of halogens is 1. The number of nitriles is 1. The van der Waals surface area contributed by atoms with Crippen LogP contribution in [0.2, 0.25) is 5.02 Å². The van der Waals surface area contributed by atoms with Crippen molar-refractivity contribution in [3.05, 3.63) is 77.2 Å². The third-order valence-electron chi connectivity index (χ3n) is 4.89. The molecule has 0 amide bonds. The van der Waals surface area contributed by atoms with Crippen LogP contribution in [0.3, 0.4) is 0 Å². The van der Waals surface area contributed by atoms with Crippen molar-refractivity contribution >= 4 is 57.7 Å². The van der Waals surface area contributed by atoms with Gasteiger partial charge in [0.15, 0.2) is 5.16 Å². The van der Waals surface area contributed by atoms with Gasteiger partial charge in [-0.05, 0) is 35.9 Å². The van der Waals surface area contributed by atoms with Gasteiger partial charge in [0.2, 0.25) is 0 Å². The van der Waals surface area contributed by atoms with Gasteiger partial charge in [-0.3, -0.25) is 9.78 Å². The van der Waals surface area contributed by atoms with Gasteiger partial charge in [0, 0.05) is 48.5 Å². The van der Waals surface area contributed by atoms with E-state index in [1.54, 1.807) is 18.5 Å². The van der Waals surface area contributed by atoms with E-state index in [1.807, 2.05) is 60.3 Å². The average molecular weight is 490 g/mol. The SMILES string of the molecule is CC(=O)OCC=Cc1ccc2c(Nc3ccc(Sc4nccn4C)c(Cl)c3)c(C#N)cnc2c1. The molecule has 0 fully saturated rings. The van der Waals surface area contributed by atoms with Gasteiger partial charge in [0.1, 0.15) is 12.7 Å². The predicted molar refractivity (Wildman–Crippen MR) is 134 cm³/mol. The lowest BCUT2D eigenvalue weighted by Crippen LogP contribution is -1.98. The van der Waals surface area contributed by atoms with E-state index in [-0.39, 0.29) is 12.6 Å². The lowest BCUT2D eigenvalue weighted by atomic mass is 10.1. The van der Waals surface area contributed by atoms with E-state index in [4.69, 9.17) is 16.3 Å². The minimum Gasteiger partial charge on any atom is -0.462 e. The number of fused-ring (bicyclic) bond motifs is 1. The molecule has 7 nitrogen and oxygen atoms in total. The smallest absolute Gasteiger partial charge is 0.302 e. The zero-order valence-corrected chi connectivity index (χ0v) is 20.0. The monoisotopic (exact) mass is 489 g/mol. The number of rotatable bonds is 7. The molecule has 9 heteroatoms. The summed E-state index contributed by atoms with van der Waals surface area (Å²) in [5.41, 5.74) is 3.46. The van der Waals surface area contributed by atoms with E-state index >= 15 is 0 Å². The molecule has 0 atom stereocenters. The maximum absolute atomic E-state index is 10.9. The summed E-state index contributed by atoms with van der Waals surface area (Å²) in [5.74, 6) is -0.326. The Hall–Kier alpha value is -3.80. The number of pyridine rings is 1. The normalized spacial score (nSPS) is 11.0. The highest BCUT2D eigenvalue weighted by Crippen LogP contribution is 2.36. The van der Waals surface area contributed by atoms with Gasteiger partial charge in [0.25, 0.3) is 0 Å². The van der Waals surface area contributed by atoms with E-state index in [1.165, 1.54) is 18.7 Å². The van der Waals surface area contributed by atoms with Crippen LogP contribution in [0, 0.1) is 11.3 Å². The zero-order chi connectivity index (χ0) is 24.1. The van der Waals surface area contributed by atoms with E-state index in [0.29, 0.717) is 16.3 Å². The van der Waals surface area contributed by atoms with Crippen molar-refractivity contribution in [3.8, 4) is 6.07 Å². The fraction of sp³-hybridized carbons (Fsp3) is 0.120. The number of nitrogens with zero attached hydrogens (tertiary/aromatic N) is 4. The molecule has 0 aliphatic carbocycles. The molecule has 0 aliphatic rings. The number of carbonyl (C=O) groups is 1. The molecule has 0 spiro atoms. The molecule has 2 aromatic carbocycles. The average Bonchev–Trinajstić information content (AvgIpc) is 3.22. The predicted octanol–water partition coefficient (Wildman–Crippen LogP) is 5.96. The number of benzene rings is 2. The van der Waals surface area contributed by atoms with Gasteiger partial charge in [-0.2, -0.15) is 5.26 Å². The fourth-order valence-electron chi connectivity index (χ4n) is 3.24. The Labute approximate surface area is 206 Å². The number of ether oxygens (including phenoxy) is 1. The second-order valence-corrected chi connectivity index (χ2v) is 8.75. The van der Waals surface area contributed by atoms with Crippen molar-refractivity contribution in [1.82, 2.24) is 14.5 Å². The van der Waals surface area contributed by atoms with Crippen LogP contribution in [-0.4, -0.2) is 27.1 Å².